The van der Waals surface area contributed by atoms with Gasteiger partial charge in [-0.3, -0.25) is 29.0 Å². The Labute approximate surface area is 452 Å². The summed E-state index contributed by atoms with van der Waals surface area (Å²) in [5.74, 6) is -4.46. The third-order valence-electron chi connectivity index (χ3n) is 10.7. The van der Waals surface area contributed by atoms with E-state index in [0.29, 0.717) is 45.3 Å². The molecule has 1 saturated heterocycles. The normalized spacial score (nSPS) is 16.6. The first-order valence-corrected chi connectivity index (χ1v) is 25.6. The van der Waals surface area contributed by atoms with Crippen molar-refractivity contribution >= 4 is 60.6 Å². The van der Waals surface area contributed by atoms with Crippen molar-refractivity contribution in [2.75, 3.05) is 53.7 Å². The summed E-state index contributed by atoms with van der Waals surface area (Å²) >= 11 is 4.36. The number of halogens is 1. The van der Waals surface area contributed by atoms with E-state index in [-0.39, 0.29) is 62.3 Å². The second-order valence-electron chi connectivity index (χ2n) is 18.8. The van der Waals surface area contributed by atoms with Crippen LogP contribution in [0.25, 0.3) is 0 Å². The summed E-state index contributed by atoms with van der Waals surface area (Å²) in [5, 5.41) is 44.2. The molecule has 2 rings (SSSR count). The predicted octanol–water partition coefficient (Wildman–Crippen LogP) is 5.25. The minimum atomic E-state index is -2.03. The van der Waals surface area contributed by atoms with Crippen LogP contribution in [0.15, 0.2) is 23.2 Å². The highest BCUT2D eigenvalue weighted by Crippen LogP contribution is 2.28. The molecule has 0 saturated carbocycles. The van der Waals surface area contributed by atoms with Gasteiger partial charge in [-0.1, -0.05) is 26.8 Å². The Hall–Kier alpha value is -5.02. The summed E-state index contributed by atoms with van der Waals surface area (Å²) in [4.78, 5) is 89.2. The zero-order valence-corrected chi connectivity index (χ0v) is 47.6. The number of aliphatic carboxylic acids is 2. The smallest absolute Gasteiger partial charge is 0.481 e. The van der Waals surface area contributed by atoms with E-state index in [4.69, 9.17) is 38.6 Å². The highest BCUT2D eigenvalue weighted by molar-refractivity contribution is 7.81. The van der Waals surface area contributed by atoms with E-state index in [2.05, 4.69) is 43.6 Å². The highest BCUT2D eigenvalue weighted by Gasteiger charge is 2.35. The van der Waals surface area contributed by atoms with Crippen LogP contribution in [0.5, 0.6) is 5.75 Å². The number of methoxy groups -OCH3 is 1. The lowest BCUT2D eigenvalue weighted by atomic mass is 10.0. The summed E-state index contributed by atoms with van der Waals surface area (Å²) in [5.41, 5.74) is -1.76. The Morgan fingerprint density at radius 2 is 1.49 bits per heavy atom. The van der Waals surface area contributed by atoms with E-state index >= 15 is 0 Å². The van der Waals surface area contributed by atoms with Crippen LogP contribution in [0.4, 0.5) is 9.18 Å². The SMILES string of the molecule is C/C=N/C(C)(S)OCCC(C)(C)NC(=O)CNC(=O)C(CCCCNC(=O)c1cc(COC(=O)F)ccc1OC1CC(O)CC(C(=O)O)O1)NC(=O)COC(C)(C)CCOC(C)(C)CCOC.CC.CCC(=O)O.CO. The monoisotopic (exact) mass is 1110 g/mol. The van der Waals surface area contributed by atoms with Crippen molar-refractivity contribution in [2.24, 2.45) is 4.99 Å². The van der Waals surface area contributed by atoms with Gasteiger partial charge in [-0.15, -0.1) is 17.0 Å². The molecule has 1 aliphatic heterocycles. The summed E-state index contributed by atoms with van der Waals surface area (Å²) in [7, 11) is 2.62. The minimum Gasteiger partial charge on any atom is -0.481 e. The van der Waals surface area contributed by atoms with Crippen molar-refractivity contribution in [1.29, 1.82) is 0 Å². The molecule has 0 aliphatic carbocycles. The number of thiol groups is 1. The number of amides is 4. The quantitative estimate of drug-likeness (QED) is 0.0146. The second kappa shape index (κ2) is 38.5. The lowest BCUT2D eigenvalue weighted by molar-refractivity contribution is -0.195. The molecule has 0 aromatic heterocycles. The number of nitrogens with one attached hydrogen (secondary N) is 4. The average molecular weight is 1110 g/mol. The molecule has 1 aliphatic rings. The van der Waals surface area contributed by atoms with Crippen molar-refractivity contribution in [3.8, 4) is 5.75 Å². The molecule has 0 spiro atoms. The fourth-order valence-corrected chi connectivity index (χ4v) is 6.68. The second-order valence-corrected chi connectivity index (χ2v) is 19.7. The van der Waals surface area contributed by atoms with E-state index in [1.165, 1.54) is 18.2 Å². The fourth-order valence-electron chi connectivity index (χ4n) is 6.48. The first kappa shape index (κ1) is 73.1. The molecule has 5 unspecified atom stereocenters. The number of carbonyl (C=O) groups is 7. The number of rotatable bonds is 32. The first-order valence-electron chi connectivity index (χ1n) is 25.2. The molecule has 0 bridgehead atoms. The van der Waals surface area contributed by atoms with E-state index in [1.54, 1.807) is 47.9 Å². The van der Waals surface area contributed by atoms with Crippen LogP contribution in [-0.2, 0) is 59.0 Å². The van der Waals surface area contributed by atoms with Crippen LogP contribution in [0.1, 0.15) is 150 Å². The molecule has 8 N–H and O–H groups in total. The lowest BCUT2D eigenvalue weighted by Crippen LogP contribution is -2.52. The van der Waals surface area contributed by atoms with Crippen molar-refractivity contribution in [3.05, 3.63) is 29.3 Å². The minimum absolute atomic E-state index is 0.0533. The summed E-state index contributed by atoms with van der Waals surface area (Å²) in [6.45, 7) is 20.1. The number of benzene rings is 1. The van der Waals surface area contributed by atoms with Crippen LogP contribution in [0.3, 0.4) is 0 Å². The molecule has 438 valence electrons. The molecule has 23 nitrogen and oxygen atoms in total. The van der Waals surface area contributed by atoms with Crippen LogP contribution >= 0.6 is 12.6 Å². The van der Waals surface area contributed by atoms with Gasteiger partial charge in [-0.25, -0.2) is 9.59 Å². The van der Waals surface area contributed by atoms with Gasteiger partial charge < -0.3 is 74.9 Å². The van der Waals surface area contributed by atoms with Gasteiger partial charge in [-0.05, 0) is 118 Å². The Bertz CT molecular complexity index is 1940. The maximum Gasteiger partial charge on any atom is 0.495 e. The maximum atomic E-state index is 13.6. The van der Waals surface area contributed by atoms with Gasteiger partial charge in [0.25, 0.3) is 5.91 Å². The number of ether oxygens (including phenoxy) is 7. The molecule has 1 fully saturated rings. The third-order valence-corrected chi connectivity index (χ3v) is 10.9. The molecule has 1 aromatic carbocycles. The number of hydrogen-bond acceptors (Lipinski definition) is 18. The first-order chi connectivity index (χ1) is 35.5. The van der Waals surface area contributed by atoms with Crippen molar-refractivity contribution in [1.82, 2.24) is 21.3 Å². The molecule has 4 amide bonds. The fraction of sp³-hybridized carbons (Fsp3) is 0.725. The Kier molecular flexibility index (Phi) is 37.0. The number of carboxylic acids is 2. The highest BCUT2D eigenvalue weighted by atomic mass is 32.1. The summed E-state index contributed by atoms with van der Waals surface area (Å²) in [6.07, 6.45) is -1.85. The molecule has 25 heteroatoms. The molecule has 76 heavy (non-hydrogen) atoms. The largest absolute Gasteiger partial charge is 0.495 e. The number of nitrogens with zero attached hydrogens (tertiary/aromatic N) is 1. The Morgan fingerprint density at radius 3 is 2.07 bits per heavy atom. The molecule has 5 atom stereocenters. The number of unbranched alkanes of at least 4 members (excludes halogenated alkanes) is 1. The standard InChI is InChI=1S/C45H72FN5O15S.C3H6O2.C2H6.CH4O/c1-10-49-45(8,67)63-21-16-42(2,3)51-35(53)26-48-39(56)32(50-36(54)28-64-44(6,7)18-22-62-43(4,5)17-20-60-9)13-11-12-19-47-38(55)31-23-29(27-61-41(46)59)14-15-33(31)65-37-25-30(52)24-34(66-37)40(57)58;1-2-3(4)5;2*1-2/h10,14-15,23,30,32,34,37,52,67H,11-13,16-22,24-28H2,1-9H3,(H,47,55)(H,48,56)(H,50,54)(H,51,53)(H,57,58);2H2,1H3,(H,4,5);1-2H3;2H,1H3/b49-10+;;;. The van der Waals surface area contributed by atoms with Crippen LogP contribution < -0.4 is 26.0 Å². The van der Waals surface area contributed by atoms with Crippen LogP contribution in [0, 0.1) is 0 Å². The van der Waals surface area contributed by atoms with Gasteiger partial charge >= 0.3 is 18.2 Å². The van der Waals surface area contributed by atoms with Crippen molar-refractivity contribution < 1.29 is 91.5 Å². The van der Waals surface area contributed by atoms with Gasteiger partial charge in [0.1, 0.15) is 25.0 Å². The third kappa shape index (κ3) is 34.6. The molecular formula is C51H88FN5O18S. The van der Waals surface area contributed by atoms with Gasteiger partial charge in [0, 0.05) is 52.2 Å². The molecular weight excluding hydrogens is 1020 g/mol. The number of hydrogen-bond donors (Lipinski definition) is 9. The van der Waals surface area contributed by atoms with E-state index < -0.39 is 101 Å². The van der Waals surface area contributed by atoms with Crippen LogP contribution in [0.2, 0.25) is 0 Å². The molecule has 0 radical (unpaired) electrons. The zero-order chi connectivity index (χ0) is 58.7. The molecule has 1 aromatic rings. The zero-order valence-electron chi connectivity index (χ0n) is 46.7. The van der Waals surface area contributed by atoms with Gasteiger partial charge in [0.2, 0.25) is 29.1 Å². The summed E-state index contributed by atoms with van der Waals surface area (Å²) < 4.78 is 51.4. The number of aliphatic hydroxyl groups is 2. The lowest BCUT2D eigenvalue weighted by Gasteiger charge is -2.31. The number of carbonyl (C=O) groups excluding carboxylic acids is 5. The predicted molar refractivity (Wildman–Crippen MR) is 284 cm³/mol. The van der Waals surface area contributed by atoms with E-state index in [0.717, 1.165) is 7.11 Å². The van der Waals surface area contributed by atoms with Gasteiger partial charge in [0.15, 0.2) is 6.10 Å². The number of aliphatic hydroxyl groups excluding tert-OH is 2. The van der Waals surface area contributed by atoms with Crippen LogP contribution in [-0.4, -0.2) is 169 Å². The number of aliphatic imine (C=N–C) groups is 1. The van der Waals surface area contributed by atoms with E-state index in [1.807, 2.05) is 41.5 Å². The Balaban J connectivity index is 0. The van der Waals surface area contributed by atoms with Gasteiger partial charge in [-0.2, -0.15) is 0 Å². The maximum absolute atomic E-state index is 13.6. The number of carboxylic acid groups (broad SMARTS) is 2. The van der Waals surface area contributed by atoms with Gasteiger partial charge in [0.05, 0.1) is 42.6 Å². The van der Waals surface area contributed by atoms with Crippen molar-refractivity contribution in [2.45, 2.75) is 187 Å². The molecule has 1 heterocycles. The topological polar surface area (TPSA) is 326 Å². The average Bonchev–Trinajstić information content (AvgIpc) is 3.34. The summed E-state index contributed by atoms with van der Waals surface area (Å²) in [6, 6.07) is 2.93. The van der Waals surface area contributed by atoms with E-state index in [9.17, 15) is 48.2 Å². The van der Waals surface area contributed by atoms with Crippen molar-refractivity contribution in [3.63, 3.8) is 0 Å². The Morgan fingerprint density at radius 1 is 0.882 bits per heavy atom.